The summed E-state index contributed by atoms with van der Waals surface area (Å²) in [7, 11) is 0. The second-order valence-corrected chi connectivity index (χ2v) is 7.69. The topological polar surface area (TPSA) is 53.3 Å². The molecule has 0 spiro atoms. The van der Waals surface area contributed by atoms with Gasteiger partial charge in [0.2, 0.25) is 5.92 Å². The zero-order valence-electron chi connectivity index (χ0n) is 13.5. The summed E-state index contributed by atoms with van der Waals surface area (Å²) >= 11 is 0. The first-order chi connectivity index (χ1) is 10.0. The summed E-state index contributed by atoms with van der Waals surface area (Å²) in [5.41, 5.74) is -1.11. The van der Waals surface area contributed by atoms with Crippen molar-refractivity contribution in [3.63, 3.8) is 0 Å². The standard InChI is InChI=1S/C16H24F2N2O2/c1-14(2,3)22-13(21)20-6-4-15(11-19,5-7-20)8-12-9-16(17,18)10-12/h12H,4-10H2,1-3H3. The number of hydrogen-bond acceptors (Lipinski definition) is 3. The fourth-order valence-electron chi connectivity index (χ4n) is 3.29. The molecule has 0 aromatic carbocycles. The maximum absolute atomic E-state index is 12.9. The first-order valence-electron chi connectivity index (χ1n) is 7.81. The quantitative estimate of drug-likeness (QED) is 0.775. The summed E-state index contributed by atoms with van der Waals surface area (Å²) < 4.78 is 31.2. The summed E-state index contributed by atoms with van der Waals surface area (Å²) in [6.07, 6.45) is 1.00. The molecule has 1 heterocycles. The zero-order valence-corrected chi connectivity index (χ0v) is 13.5. The van der Waals surface area contributed by atoms with E-state index in [2.05, 4.69) is 6.07 Å². The molecular formula is C16H24F2N2O2. The number of carbonyl (C=O) groups excluding carboxylic acids is 1. The molecule has 1 saturated carbocycles. The van der Waals surface area contributed by atoms with Crippen LogP contribution in [0.5, 0.6) is 0 Å². The fourth-order valence-corrected chi connectivity index (χ4v) is 3.29. The van der Waals surface area contributed by atoms with Crippen molar-refractivity contribution in [3.8, 4) is 6.07 Å². The number of carbonyl (C=O) groups is 1. The van der Waals surface area contributed by atoms with Gasteiger partial charge < -0.3 is 9.64 Å². The van der Waals surface area contributed by atoms with E-state index in [1.807, 2.05) is 20.8 Å². The number of likely N-dealkylation sites (tertiary alicyclic amines) is 1. The number of amides is 1. The Hall–Kier alpha value is -1.38. The molecule has 6 heteroatoms. The number of rotatable bonds is 2. The highest BCUT2D eigenvalue weighted by Crippen LogP contribution is 2.49. The number of nitriles is 1. The van der Waals surface area contributed by atoms with E-state index >= 15 is 0 Å². The predicted molar refractivity (Wildman–Crippen MR) is 77.4 cm³/mol. The van der Waals surface area contributed by atoms with Gasteiger partial charge in [0.25, 0.3) is 0 Å². The monoisotopic (exact) mass is 314 g/mol. The van der Waals surface area contributed by atoms with Crippen LogP contribution in [0.1, 0.15) is 52.9 Å². The third kappa shape index (κ3) is 4.08. The molecule has 22 heavy (non-hydrogen) atoms. The molecular weight excluding hydrogens is 290 g/mol. The molecule has 1 saturated heterocycles. The summed E-state index contributed by atoms with van der Waals surface area (Å²) in [5.74, 6) is -2.61. The Morgan fingerprint density at radius 3 is 2.27 bits per heavy atom. The molecule has 2 rings (SSSR count). The molecule has 0 bridgehead atoms. The van der Waals surface area contributed by atoms with Gasteiger partial charge >= 0.3 is 6.09 Å². The van der Waals surface area contributed by atoms with Gasteiger partial charge in [-0.2, -0.15) is 5.26 Å². The molecule has 1 aliphatic carbocycles. The summed E-state index contributed by atoms with van der Waals surface area (Å²) in [5, 5.41) is 9.48. The van der Waals surface area contributed by atoms with E-state index in [0.29, 0.717) is 32.4 Å². The maximum Gasteiger partial charge on any atom is 0.410 e. The minimum atomic E-state index is -2.54. The minimum absolute atomic E-state index is 0.0669. The SMILES string of the molecule is CC(C)(C)OC(=O)N1CCC(C#N)(CC2CC(F)(F)C2)CC1. The van der Waals surface area contributed by atoms with Gasteiger partial charge in [-0.1, -0.05) is 0 Å². The number of alkyl halides is 2. The van der Waals surface area contributed by atoms with Crippen LogP contribution in [0.4, 0.5) is 13.6 Å². The largest absolute Gasteiger partial charge is 0.444 e. The van der Waals surface area contributed by atoms with E-state index in [1.54, 1.807) is 4.90 Å². The Morgan fingerprint density at radius 1 is 1.32 bits per heavy atom. The molecule has 4 nitrogen and oxygen atoms in total. The Labute approximate surface area is 130 Å². The van der Waals surface area contributed by atoms with Gasteiger partial charge in [0.1, 0.15) is 5.60 Å². The highest BCUT2D eigenvalue weighted by molar-refractivity contribution is 5.68. The Balaban J connectivity index is 1.86. The Morgan fingerprint density at radius 2 is 1.86 bits per heavy atom. The van der Waals surface area contributed by atoms with Crippen molar-refractivity contribution in [2.75, 3.05) is 13.1 Å². The molecule has 0 aromatic rings. The number of piperidine rings is 1. The van der Waals surface area contributed by atoms with Crippen LogP contribution in [0.25, 0.3) is 0 Å². The van der Waals surface area contributed by atoms with E-state index in [4.69, 9.17) is 4.74 Å². The molecule has 2 aliphatic rings. The molecule has 1 aliphatic heterocycles. The lowest BCUT2D eigenvalue weighted by Crippen LogP contribution is -2.47. The van der Waals surface area contributed by atoms with E-state index in [-0.39, 0.29) is 24.9 Å². The van der Waals surface area contributed by atoms with Gasteiger partial charge in [0.15, 0.2) is 0 Å². The van der Waals surface area contributed by atoms with Crippen molar-refractivity contribution in [2.24, 2.45) is 11.3 Å². The van der Waals surface area contributed by atoms with Gasteiger partial charge in [-0.05, 0) is 46.0 Å². The summed E-state index contributed by atoms with van der Waals surface area (Å²) in [6, 6.07) is 2.33. The highest BCUT2D eigenvalue weighted by Gasteiger charge is 2.49. The van der Waals surface area contributed by atoms with Crippen LogP contribution in [-0.2, 0) is 4.74 Å². The lowest BCUT2D eigenvalue weighted by Gasteiger charge is -2.43. The van der Waals surface area contributed by atoms with Crippen LogP contribution in [-0.4, -0.2) is 35.6 Å². The van der Waals surface area contributed by atoms with Crippen molar-refractivity contribution in [1.29, 1.82) is 5.26 Å². The van der Waals surface area contributed by atoms with E-state index < -0.39 is 16.9 Å². The molecule has 0 N–H and O–H groups in total. The van der Waals surface area contributed by atoms with Crippen molar-refractivity contribution in [2.45, 2.75) is 64.4 Å². The summed E-state index contributed by atoms with van der Waals surface area (Å²) in [4.78, 5) is 13.6. The van der Waals surface area contributed by atoms with Gasteiger partial charge in [0.05, 0.1) is 11.5 Å². The van der Waals surface area contributed by atoms with Crippen LogP contribution in [0, 0.1) is 22.7 Å². The number of nitrogens with zero attached hydrogens (tertiary/aromatic N) is 2. The second kappa shape index (κ2) is 5.68. The molecule has 2 fully saturated rings. The van der Waals surface area contributed by atoms with Crippen molar-refractivity contribution in [3.05, 3.63) is 0 Å². The summed E-state index contributed by atoms with van der Waals surface area (Å²) in [6.45, 7) is 6.33. The maximum atomic E-state index is 12.9. The van der Waals surface area contributed by atoms with Crippen LogP contribution in [0.3, 0.4) is 0 Å². The van der Waals surface area contributed by atoms with Crippen molar-refractivity contribution < 1.29 is 18.3 Å². The van der Waals surface area contributed by atoms with Gasteiger partial charge in [-0.3, -0.25) is 0 Å². The van der Waals surface area contributed by atoms with Crippen LogP contribution >= 0.6 is 0 Å². The van der Waals surface area contributed by atoms with Gasteiger partial charge in [-0.25, -0.2) is 13.6 Å². The Bertz CT molecular complexity index is 464. The van der Waals surface area contributed by atoms with E-state index in [1.165, 1.54) is 0 Å². The number of hydrogen-bond donors (Lipinski definition) is 0. The third-order valence-electron chi connectivity index (χ3n) is 4.46. The highest BCUT2D eigenvalue weighted by atomic mass is 19.3. The lowest BCUT2D eigenvalue weighted by molar-refractivity contribution is -0.120. The Kier molecular flexibility index (Phi) is 4.38. The molecule has 1 amide bonds. The van der Waals surface area contributed by atoms with Gasteiger partial charge in [0, 0.05) is 25.9 Å². The van der Waals surface area contributed by atoms with Crippen LogP contribution in [0.2, 0.25) is 0 Å². The van der Waals surface area contributed by atoms with Crippen molar-refractivity contribution in [1.82, 2.24) is 4.90 Å². The predicted octanol–water partition coefficient (Wildman–Crippen LogP) is 3.96. The molecule has 124 valence electrons. The zero-order chi connectivity index (χ0) is 16.6. The smallest absolute Gasteiger partial charge is 0.410 e. The van der Waals surface area contributed by atoms with E-state index in [0.717, 1.165) is 0 Å². The molecule has 0 radical (unpaired) electrons. The van der Waals surface area contributed by atoms with Crippen molar-refractivity contribution >= 4 is 6.09 Å². The van der Waals surface area contributed by atoms with Gasteiger partial charge in [-0.15, -0.1) is 0 Å². The van der Waals surface area contributed by atoms with Crippen LogP contribution < -0.4 is 0 Å². The normalized spacial score (nSPS) is 24.3. The molecule has 0 aromatic heterocycles. The molecule has 0 atom stereocenters. The minimum Gasteiger partial charge on any atom is -0.444 e. The van der Waals surface area contributed by atoms with Crippen LogP contribution in [0.15, 0.2) is 0 Å². The number of ether oxygens (including phenoxy) is 1. The average molecular weight is 314 g/mol. The first-order valence-corrected chi connectivity index (χ1v) is 7.81. The van der Waals surface area contributed by atoms with E-state index in [9.17, 15) is 18.8 Å². The number of halogens is 2. The molecule has 0 unspecified atom stereocenters. The fraction of sp³-hybridized carbons (Fsp3) is 0.875. The second-order valence-electron chi connectivity index (χ2n) is 7.69. The third-order valence-corrected chi connectivity index (χ3v) is 4.46. The average Bonchev–Trinajstić information content (AvgIpc) is 2.35. The lowest BCUT2D eigenvalue weighted by atomic mass is 9.67. The first kappa shape index (κ1) is 17.0.